The lowest BCUT2D eigenvalue weighted by Crippen LogP contribution is -2.29. The van der Waals surface area contributed by atoms with Gasteiger partial charge >= 0.3 is 0 Å². The lowest BCUT2D eigenvalue weighted by Gasteiger charge is -2.13. The first-order valence-electron chi connectivity index (χ1n) is 4.11. The lowest BCUT2D eigenvalue weighted by atomic mass is 10.3. The van der Waals surface area contributed by atoms with Crippen LogP contribution in [0.1, 0.15) is 6.42 Å². The van der Waals surface area contributed by atoms with Gasteiger partial charge in [-0.25, -0.2) is 0 Å². The van der Waals surface area contributed by atoms with Gasteiger partial charge in [0.2, 0.25) is 0 Å². The van der Waals surface area contributed by atoms with Crippen molar-refractivity contribution in [1.82, 2.24) is 4.98 Å². The van der Waals surface area contributed by atoms with Crippen LogP contribution >= 0.6 is 0 Å². The fraction of sp³-hybridized carbons (Fsp3) is 0.333. The highest BCUT2D eigenvalue weighted by molar-refractivity contribution is 5.98. The fourth-order valence-electron chi connectivity index (χ4n) is 1.37. The summed E-state index contributed by atoms with van der Waals surface area (Å²) in [6.45, 7) is 0.544. The molecule has 1 saturated heterocycles. The van der Waals surface area contributed by atoms with Gasteiger partial charge in [-0.15, -0.1) is 0 Å². The molecule has 4 nitrogen and oxygen atoms in total. The second kappa shape index (κ2) is 3.14. The van der Waals surface area contributed by atoms with Crippen LogP contribution in [-0.2, 0) is 4.79 Å². The molecule has 0 spiro atoms. The molecule has 1 aliphatic rings. The van der Waals surface area contributed by atoms with E-state index in [-0.39, 0.29) is 5.91 Å². The first-order valence-corrected chi connectivity index (χ1v) is 4.11. The molecular formula is C9H9N2O2. The Balaban J connectivity index is 2.24. The van der Waals surface area contributed by atoms with Crippen molar-refractivity contribution in [3.8, 4) is 0 Å². The number of anilines is 1. The predicted molar refractivity (Wildman–Crippen MR) is 46.0 cm³/mol. The minimum atomic E-state index is -0.853. The van der Waals surface area contributed by atoms with Crippen LogP contribution in [0.4, 0.5) is 5.69 Å². The van der Waals surface area contributed by atoms with Crippen molar-refractivity contribution in [3.05, 3.63) is 24.5 Å². The first-order chi connectivity index (χ1) is 6.29. The molecule has 0 bridgehead atoms. The van der Waals surface area contributed by atoms with Crippen LogP contribution in [0.15, 0.2) is 18.3 Å². The highest BCUT2D eigenvalue weighted by Gasteiger charge is 2.30. The van der Waals surface area contributed by atoms with Gasteiger partial charge in [-0.05, 0) is 12.1 Å². The van der Waals surface area contributed by atoms with Crippen molar-refractivity contribution in [2.24, 2.45) is 0 Å². The van der Waals surface area contributed by atoms with Crippen molar-refractivity contribution in [2.75, 3.05) is 11.4 Å². The Morgan fingerprint density at radius 1 is 1.69 bits per heavy atom. The summed E-state index contributed by atoms with van der Waals surface area (Å²) in [4.78, 5) is 16.6. The summed E-state index contributed by atoms with van der Waals surface area (Å²) in [6.07, 6.45) is 3.94. The summed E-state index contributed by atoms with van der Waals surface area (Å²) < 4.78 is 0. The van der Waals surface area contributed by atoms with Gasteiger partial charge in [0.15, 0.2) is 0 Å². The Labute approximate surface area is 75.8 Å². The molecule has 1 fully saturated rings. The predicted octanol–water partition coefficient (Wildman–Crippen LogP) is -0.0206. The number of amides is 1. The molecule has 1 aliphatic heterocycles. The Morgan fingerprint density at radius 3 is 3.08 bits per heavy atom. The van der Waals surface area contributed by atoms with E-state index in [2.05, 4.69) is 11.2 Å². The number of hydrogen-bond acceptors (Lipinski definition) is 3. The molecule has 1 aromatic heterocycles. The summed E-state index contributed by atoms with van der Waals surface area (Å²) in [5.41, 5.74) is 0.629. The van der Waals surface area contributed by atoms with Crippen molar-refractivity contribution in [3.63, 3.8) is 0 Å². The number of carbonyl (C=O) groups excluding carboxylic acids is 1. The average molecular weight is 177 g/mol. The van der Waals surface area contributed by atoms with Crippen LogP contribution in [0, 0.1) is 6.20 Å². The second-order valence-corrected chi connectivity index (χ2v) is 2.93. The largest absolute Gasteiger partial charge is 0.383 e. The zero-order valence-electron chi connectivity index (χ0n) is 6.97. The highest BCUT2D eigenvalue weighted by Crippen LogP contribution is 2.19. The number of carbonyl (C=O) groups is 1. The third-order valence-corrected chi connectivity index (χ3v) is 2.06. The molecule has 67 valence electrons. The van der Waals surface area contributed by atoms with Crippen LogP contribution in [-0.4, -0.2) is 28.6 Å². The molecule has 2 rings (SSSR count). The molecule has 0 saturated carbocycles. The number of pyridine rings is 1. The minimum Gasteiger partial charge on any atom is -0.383 e. The van der Waals surface area contributed by atoms with Crippen LogP contribution < -0.4 is 4.90 Å². The number of nitrogens with zero attached hydrogens (tertiary/aromatic N) is 2. The molecule has 2 heterocycles. The number of aliphatic hydroxyl groups is 1. The fourth-order valence-corrected chi connectivity index (χ4v) is 1.37. The van der Waals surface area contributed by atoms with Gasteiger partial charge in [0.25, 0.3) is 5.91 Å². The Bertz CT molecular complexity index is 313. The second-order valence-electron chi connectivity index (χ2n) is 2.93. The molecule has 1 amide bonds. The van der Waals surface area contributed by atoms with Gasteiger partial charge in [0, 0.05) is 19.2 Å². The third-order valence-electron chi connectivity index (χ3n) is 2.06. The number of aromatic nitrogens is 1. The van der Waals surface area contributed by atoms with Crippen molar-refractivity contribution >= 4 is 11.6 Å². The summed E-state index contributed by atoms with van der Waals surface area (Å²) in [6, 6.07) is 3.49. The number of hydrogen-bond donors (Lipinski definition) is 1. The molecule has 1 atom stereocenters. The van der Waals surface area contributed by atoms with Crippen LogP contribution in [0.5, 0.6) is 0 Å². The van der Waals surface area contributed by atoms with Gasteiger partial charge in [-0.2, -0.15) is 0 Å². The van der Waals surface area contributed by atoms with E-state index >= 15 is 0 Å². The van der Waals surface area contributed by atoms with E-state index < -0.39 is 6.10 Å². The molecule has 0 aromatic carbocycles. The third kappa shape index (κ3) is 1.40. The highest BCUT2D eigenvalue weighted by atomic mass is 16.3. The Morgan fingerprint density at radius 2 is 2.54 bits per heavy atom. The quantitative estimate of drug-likeness (QED) is 0.655. The van der Waals surface area contributed by atoms with Gasteiger partial charge in [0.1, 0.15) is 12.3 Å². The molecule has 13 heavy (non-hydrogen) atoms. The topological polar surface area (TPSA) is 53.4 Å². The summed E-state index contributed by atoms with van der Waals surface area (Å²) in [5.74, 6) is -0.260. The van der Waals surface area contributed by atoms with Gasteiger partial charge < -0.3 is 10.0 Å². The summed E-state index contributed by atoms with van der Waals surface area (Å²) >= 11 is 0. The average Bonchev–Trinajstić information content (AvgIpc) is 2.49. The van der Waals surface area contributed by atoms with Gasteiger partial charge in [-0.1, -0.05) is 0 Å². The Hall–Kier alpha value is -1.42. The Kier molecular flexibility index (Phi) is 1.98. The number of rotatable bonds is 1. The van der Waals surface area contributed by atoms with E-state index in [0.717, 1.165) is 0 Å². The van der Waals surface area contributed by atoms with Gasteiger partial charge in [0.05, 0.1) is 5.69 Å². The molecule has 1 radical (unpaired) electrons. The zero-order valence-corrected chi connectivity index (χ0v) is 6.97. The van der Waals surface area contributed by atoms with E-state index in [1.807, 2.05) is 0 Å². The molecule has 1 unspecified atom stereocenters. The van der Waals surface area contributed by atoms with E-state index in [1.54, 1.807) is 18.3 Å². The zero-order chi connectivity index (χ0) is 9.26. The maximum atomic E-state index is 11.3. The van der Waals surface area contributed by atoms with Crippen LogP contribution in [0.3, 0.4) is 0 Å². The van der Waals surface area contributed by atoms with Crippen LogP contribution in [0.25, 0.3) is 0 Å². The van der Waals surface area contributed by atoms with E-state index in [0.29, 0.717) is 18.7 Å². The van der Waals surface area contributed by atoms with Crippen molar-refractivity contribution < 1.29 is 9.90 Å². The normalized spacial score (nSPS) is 22.4. The summed E-state index contributed by atoms with van der Waals surface area (Å²) in [7, 11) is 0. The lowest BCUT2D eigenvalue weighted by molar-refractivity contribution is -0.123. The van der Waals surface area contributed by atoms with E-state index in [9.17, 15) is 9.90 Å². The standard InChI is InChI=1S/C9H9N2O2/c12-8-3-5-11(9(8)13)7-2-1-4-10-6-7/h1-2,4,8,12H,3,5H2. The maximum absolute atomic E-state index is 11.3. The molecule has 0 aliphatic carbocycles. The van der Waals surface area contributed by atoms with E-state index in [4.69, 9.17) is 0 Å². The van der Waals surface area contributed by atoms with Crippen molar-refractivity contribution in [1.29, 1.82) is 0 Å². The maximum Gasteiger partial charge on any atom is 0.255 e. The van der Waals surface area contributed by atoms with Gasteiger partial charge in [-0.3, -0.25) is 9.78 Å². The summed E-state index contributed by atoms with van der Waals surface area (Å²) in [5, 5.41) is 9.20. The molecule has 1 N–H and O–H groups in total. The van der Waals surface area contributed by atoms with Crippen molar-refractivity contribution in [2.45, 2.75) is 12.5 Å². The smallest absolute Gasteiger partial charge is 0.255 e. The monoisotopic (exact) mass is 177 g/mol. The molecule has 1 aromatic rings. The minimum absolute atomic E-state index is 0.260. The molecule has 4 heteroatoms. The first kappa shape index (κ1) is 8.19. The SMILES string of the molecule is O=C1C(O)CCN1c1[c]nccc1. The molecular weight excluding hydrogens is 168 g/mol. The van der Waals surface area contributed by atoms with E-state index in [1.165, 1.54) is 4.90 Å². The number of aliphatic hydroxyl groups excluding tert-OH is 1. The van der Waals surface area contributed by atoms with Crippen LogP contribution in [0.2, 0.25) is 0 Å².